The smallest absolute Gasteiger partial charge is 0.264 e. The van der Waals surface area contributed by atoms with Crippen LogP contribution < -0.4 is 10.0 Å². The number of para-hydroxylation sites is 1. The molecule has 1 aromatic rings. The summed E-state index contributed by atoms with van der Waals surface area (Å²) < 4.78 is 0.439. The molecule has 3 heteroatoms. The molecule has 0 radical (unpaired) electrons. The van der Waals surface area contributed by atoms with Gasteiger partial charge in [-0.05, 0) is 6.07 Å². The SMILES string of the molecule is C[N+]1(C)NC(=O)c2ccccc21. The lowest BCUT2D eigenvalue weighted by Gasteiger charge is -2.21. The van der Waals surface area contributed by atoms with Gasteiger partial charge in [0.15, 0.2) is 5.69 Å². The molecule has 12 heavy (non-hydrogen) atoms. The predicted octanol–water partition coefficient (Wildman–Crippen LogP) is 0.912. The van der Waals surface area contributed by atoms with Crippen LogP contribution in [0.4, 0.5) is 5.69 Å². The number of rotatable bonds is 0. The van der Waals surface area contributed by atoms with Gasteiger partial charge in [-0.2, -0.15) is 10.0 Å². The summed E-state index contributed by atoms with van der Waals surface area (Å²) in [5, 5.41) is 0. The third-order valence-electron chi connectivity index (χ3n) is 2.13. The molecule has 0 atom stereocenters. The lowest BCUT2D eigenvalue weighted by Crippen LogP contribution is -2.50. The highest BCUT2D eigenvalue weighted by atomic mass is 16.2. The average molecular weight is 163 g/mol. The van der Waals surface area contributed by atoms with E-state index >= 15 is 0 Å². The van der Waals surface area contributed by atoms with E-state index in [1.165, 1.54) is 0 Å². The van der Waals surface area contributed by atoms with Crippen LogP contribution in [-0.2, 0) is 0 Å². The Bertz CT molecular complexity index is 344. The molecule has 0 saturated heterocycles. The van der Waals surface area contributed by atoms with E-state index in [-0.39, 0.29) is 5.91 Å². The van der Waals surface area contributed by atoms with Gasteiger partial charge < -0.3 is 0 Å². The predicted molar refractivity (Wildman–Crippen MR) is 47.6 cm³/mol. The van der Waals surface area contributed by atoms with E-state index in [0.717, 1.165) is 11.3 Å². The molecule has 1 heterocycles. The fraction of sp³-hybridized carbons (Fsp3) is 0.222. The van der Waals surface area contributed by atoms with Gasteiger partial charge in [0.2, 0.25) is 0 Å². The van der Waals surface area contributed by atoms with Gasteiger partial charge in [0.25, 0.3) is 0 Å². The minimum Gasteiger partial charge on any atom is -0.264 e. The Morgan fingerprint density at radius 3 is 2.58 bits per heavy atom. The Morgan fingerprint density at radius 2 is 1.92 bits per heavy atom. The van der Waals surface area contributed by atoms with Gasteiger partial charge in [0, 0.05) is 6.07 Å². The van der Waals surface area contributed by atoms with Crippen molar-refractivity contribution in [3.8, 4) is 0 Å². The van der Waals surface area contributed by atoms with Crippen LogP contribution in [0, 0.1) is 0 Å². The van der Waals surface area contributed by atoms with Crippen LogP contribution >= 0.6 is 0 Å². The molecule has 62 valence electrons. The van der Waals surface area contributed by atoms with Crippen LogP contribution in [0.1, 0.15) is 10.4 Å². The second-order valence-corrected chi connectivity index (χ2v) is 3.41. The zero-order valence-corrected chi connectivity index (χ0v) is 7.16. The molecular weight excluding hydrogens is 152 g/mol. The van der Waals surface area contributed by atoms with Crippen LogP contribution in [0.2, 0.25) is 0 Å². The van der Waals surface area contributed by atoms with E-state index in [1.54, 1.807) is 0 Å². The third-order valence-corrected chi connectivity index (χ3v) is 2.13. The monoisotopic (exact) mass is 163 g/mol. The van der Waals surface area contributed by atoms with Crippen molar-refractivity contribution < 1.29 is 4.79 Å². The van der Waals surface area contributed by atoms with Gasteiger partial charge in [0.1, 0.15) is 5.56 Å². The maximum absolute atomic E-state index is 11.4. The van der Waals surface area contributed by atoms with Crippen molar-refractivity contribution in [2.75, 3.05) is 14.1 Å². The van der Waals surface area contributed by atoms with E-state index in [0.29, 0.717) is 4.59 Å². The van der Waals surface area contributed by atoms with E-state index in [9.17, 15) is 4.79 Å². The van der Waals surface area contributed by atoms with Crippen molar-refractivity contribution in [3.05, 3.63) is 29.8 Å². The Morgan fingerprint density at radius 1 is 1.25 bits per heavy atom. The molecule has 0 unspecified atom stereocenters. The fourth-order valence-corrected chi connectivity index (χ4v) is 1.53. The minimum absolute atomic E-state index is 0.00981. The van der Waals surface area contributed by atoms with Crippen LogP contribution in [-0.4, -0.2) is 20.0 Å². The van der Waals surface area contributed by atoms with E-state index < -0.39 is 0 Å². The Hall–Kier alpha value is -1.35. The standard InChI is InChI=1S/C9H10N2O/c1-11(2)8-6-4-3-5-7(8)9(12)10-11/h3-6H,1-2H3/p+1. The Kier molecular flexibility index (Phi) is 1.26. The molecule has 0 aromatic heterocycles. The topological polar surface area (TPSA) is 29.1 Å². The van der Waals surface area contributed by atoms with Gasteiger partial charge in [-0.1, -0.05) is 12.1 Å². The van der Waals surface area contributed by atoms with Gasteiger partial charge >= 0.3 is 5.91 Å². The molecule has 1 aliphatic rings. The summed E-state index contributed by atoms with van der Waals surface area (Å²) in [5.41, 5.74) is 4.67. The first-order valence-electron chi connectivity index (χ1n) is 3.87. The average Bonchev–Trinajstić information content (AvgIpc) is 2.25. The second kappa shape index (κ2) is 2.08. The van der Waals surface area contributed by atoms with E-state index in [2.05, 4.69) is 5.43 Å². The summed E-state index contributed by atoms with van der Waals surface area (Å²) in [6, 6.07) is 7.63. The van der Waals surface area contributed by atoms with E-state index in [4.69, 9.17) is 0 Å². The summed E-state index contributed by atoms with van der Waals surface area (Å²) >= 11 is 0. The zero-order chi connectivity index (χ0) is 8.77. The van der Waals surface area contributed by atoms with Gasteiger partial charge in [-0.15, -0.1) is 0 Å². The van der Waals surface area contributed by atoms with Crippen molar-refractivity contribution >= 4 is 11.6 Å². The van der Waals surface area contributed by atoms with E-state index in [1.807, 2.05) is 38.4 Å². The normalized spacial score (nSPS) is 18.7. The molecule has 1 aromatic carbocycles. The molecular formula is C9H11N2O+. The summed E-state index contributed by atoms with van der Waals surface area (Å²) in [6.45, 7) is 0. The van der Waals surface area contributed by atoms with Crippen molar-refractivity contribution in [1.82, 2.24) is 10.0 Å². The van der Waals surface area contributed by atoms with Crippen molar-refractivity contribution in [3.63, 3.8) is 0 Å². The highest BCUT2D eigenvalue weighted by Gasteiger charge is 2.35. The molecule has 1 aliphatic heterocycles. The first-order chi connectivity index (χ1) is 5.61. The first kappa shape index (κ1) is 7.31. The highest BCUT2D eigenvalue weighted by molar-refractivity contribution is 6.03. The van der Waals surface area contributed by atoms with Gasteiger partial charge in [-0.25, -0.2) is 0 Å². The van der Waals surface area contributed by atoms with Crippen molar-refractivity contribution in [2.45, 2.75) is 0 Å². The first-order valence-corrected chi connectivity index (χ1v) is 3.87. The number of hydrogen-bond donors (Lipinski definition) is 1. The molecule has 0 bridgehead atoms. The maximum atomic E-state index is 11.4. The molecule has 0 spiro atoms. The third kappa shape index (κ3) is 0.833. The van der Waals surface area contributed by atoms with Crippen LogP contribution in [0.15, 0.2) is 24.3 Å². The molecule has 0 saturated carbocycles. The summed E-state index contributed by atoms with van der Waals surface area (Å²) in [5.74, 6) is 0.00981. The number of amides is 1. The summed E-state index contributed by atoms with van der Waals surface area (Å²) in [7, 11) is 3.90. The Balaban J connectivity index is 2.66. The fourth-order valence-electron chi connectivity index (χ4n) is 1.53. The molecule has 0 aliphatic carbocycles. The maximum Gasteiger partial charge on any atom is 0.302 e. The molecule has 1 amide bonds. The van der Waals surface area contributed by atoms with Crippen molar-refractivity contribution in [2.24, 2.45) is 0 Å². The second-order valence-electron chi connectivity index (χ2n) is 3.41. The number of benzene rings is 1. The lowest BCUT2D eigenvalue weighted by atomic mass is 10.2. The summed E-state index contributed by atoms with van der Waals surface area (Å²) in [4.78, 5) is 11.4. The quantitative estimate of drug-likeness (QED) is 0.566. The zero-order valence-electron chi connectivity index (χ0n) is 7.16. The van der Waals surface area contributed by atoms with Crippen molar-refractivity contribution in [1.29, 1.82) is 0 Å². The van der Waals surface area contributed by atoms with Gasteiger partial charge in [0.05, 0.1) is 14.1 Å². The number of hydrogen-bond acceptors (Lipinski definition) is 1. The number of nitrogens with one attached hydrogen (secondary N) is 1. The number of quaternary nitrogens is 1. The molecule has 3 nitrogen and oxygen atoms in total. The van der Waals surface area contributed by atoms with Crippen LogP contribution in [0.25, 0.3) is 0 Å². The summed E-state index contributed by atoms with van der Waals surface area (Å²) in [6.07, 6.45) is 0. The highest BCUT2D eigenvalue weighted by Crippen LogP contribution is 2.27. The largest absolute Gasteiger partial charge is 0.302 e. The number of fused-ring (bicyclic) bond motifs is 1. The van der Waals surface area contributed by atoms with Gasteiger partial charge in [-0.3, -0.25) is 4.79 Å². The number of nitrogens with zero attached hydrogens (tertiary/aromatic N) is 1. The molecule has 2 rings (SSSR count). The van der Waals surface area contributed by atoms with Crippen LogP contribution in [0.5, 0.6) is 0 Å². The van der Waals surface area contributed by atoms with Crippen LogP contribution in [0.3, 0.4) is 0 Å². The number of carbonyl (C=O) groups excluding carboxylic acids is 1. The lowest BCUT2D eigenvalue weighted by molar-refractivity contribution is 0.0901. The minimum atomic E-state index is 0.00981. The molecule has 1 N–H and O–H groups in total. The number of carbonyl (C=O) groups is 1. The molecule has 0 fully saturated rings. The Labute approximate surface area is 71.2 Å².